The molecule has 26 heavy (non-hydrogen) atoms. The average molecular weight is 383 g/mol. The molecule has 0 saturated heterocycles. The van der Waals surface area contributed by atoms with Gasteiger partial charge in [-0.2, -0.15) is 0 Å². The number of carbonyl (C=O) groups excluding carboxylic acids is 2. The fourth-order valence-corrected chi connectivity index (χ4v) is 4.29. The van der Waals surface area contributed by atoms with E-state index in [2.05, 4.69) is 10.3 Å². The van der Waals surface area contributed by atoms with Crippen molar-refractivity contribution in [2.75, 3.05) is 5.32 Å². The molecule has 1 unspecified atom stereocenters. The number of amides is 1. The van der Waals surface area contributed by atoms with Crippen LogP contribution >= 0.6 is 23.1 Å². The van der Waals surface area contributed by atoms with Gasteiger partial charge in [0.2, 0.25) is 5.91 Å². The second-order valence-electron chi connectivity index (χ2n) is 5.75. The minimum Gasteiger partial charge on any atom is -0.325 e. The van der Waals surface area contributed by atoms with Gasteiger partial charge in [0.1, 0.15) is 0 Å². The fraction of sp³-hybridized carbons (Fsp3) is 0.150. The van der Waals surface area contributed by atoms with Gasteiger partial charge < -0.3 is 5.32 Å². The number of carbonyl (C=O) groups is 2. The molecular formula is C20H18N2O2S2. The summed E-state index contributed by atoms with van der Waals surface area (Å²) in [7, 11) is 0. The van der Waals surface area contributed by atoms with Crippen LogP contribution in [0.1, 0.15) is 24.2 Å². The highest BCUT2D eigenvalue weighted by atomic mass is 32.2. The maximum Gasteiger partial charge on any atom is 0.237 e. The van der Waals surface area contributed by atoms with Crippen LogP contribution in [0.5, 0.6) is 0 Å². The van der Waals surface area contributed by atoms with Crippen LogP contribution in [0.25, 0.3) is 11.3 Å². The molecule has 3 aromatic rings. The number of ketones is 1. The Balaban J connectivity index is 1.64. The first-order valence-electron chi connectivity index (χ1n) is 8.12. The second-order valence-corrected chi connectivity index (χ2v) is 8.20. The largest absolute Gasteiger partial charge is 0.325 e. The Kier molecular flexibility index (Phi) is 5.85. The minimum absolute atomic E-state index is 0.0280. The predicted octanol–water partition coefficient (Wildman–Crippen LogP) is 5.13. The Hall–Kier alpha value is -2.44. The molecule has 1 atom stereocenters. The number of rotatable bonds is 6. The van der Waals surface area contributed by atoms with Crippen molar-refractivity contribution < 1.29 is 9.59 Å². The molecule has 0 saturated carbocycles. The first kappa shape index (κ1) is 18.4. The van der Waals surface area contributed by atoms with Crippen LogP contribution in [0.15, 0.2) is 64.3 Å². The second kappa shape index (κ2) is 8.29. The van der Waals surface area contributed by atoms with Crippen LogP contribution in [0.4, 0.5) is 5.69 Å². The van der Waals surface area contributed by atoms with Crippen molar-refractivity contribution in [3.05, 3.63) is 65.5 Å². The molecule has 0 spiro atoms. The maximum atomic E-state index is 12.4. The first-order valence-corrected chi connectivity index (χ1v) is 9.88. The number of nitrogens with one attached hydrogen (secondary N) is 1. The summed E-state index contributed by atoms with van der Waals surface area (Å²) >= 11 is 2.96. The van der Waals surface area contributed by atoms with E-state index in [1.165, 1.54) is 30.0 Å². The normalized spacial score (nSPS) is 11.8. The number of thioether (sulfide) groups is 1. The Morgan fingerprint density at radius 1 is 1.12 bits per heavy atom. The van der Waals surface area contributed by atoms with Crippen LogP contribution in [-0.2, 0) is 4.79 Å². The van der Waals surface area contributed by atoms with Gasteiger partial charge in [-0.05, 0) is 26.0 Å². The van der Waals surface area contributed by atoms with Gasteiger partial charge in [-0.1, -0.05) is 54.2 Å². The van der Waals surface area contributed by atoms with Crippen LogP contribution in [0, 0.1) is 0 Å². The Bertz CT molecular complexity index is 922. The van der Waals surface area contributed by atoms with E-state index in [0.29, 0.717) is 11.3 Å². The first-order chi connectivity index (χ1) is 12.5. The number of Topliss-reactive ketones (excluding diaryl/α,β-unsaturated/α-hetero) is 1. The van der Waals surface area contributed by atoms with Gasteiger partial charge in [-0.3, -0.25) is 9.59 Å². The number of hydrogen-bond acceptors (Lipinski definition) is 5. The van der Waals surface area contributed by atoms with Crippen LogP contribution < -0.4 is 5.32 Å². The highest BCUT2D eigenvalue weighted by Gasteiger charge is 2.17. The van der Waals surface area contributed by atoms with Crippen molar-refractivity contribution in [1.29, 1.82) is 0 Å². The summed E-state index contributed by atoms with van der Waals surface area (Å²) in [4.78, 5) is 28.5. The van der Waals surface area contributed by atoms with Crippen molar-refractivity contribution >= 4 is 40.5 Å². The van der Waals surface area contributed by atoms with Gasteiger partial charge in [0, 0.05) is 22.2 Å². The van der Waals surface area contributed by atoms with E-state index < -0.39 is 0 Å². The fourth-order valence-electron chi connectivity index (χ4n) is 2.32. The predicted molar refractivity (Wildman–Crippen MR) is 108 cm³/mol. The lowest BCUT2D eigenvalue weighted by Crippen LogP contribution is -2.22. The summed E-state index contributed by atoms with van der Waals surface area (Å²) in [5, 5.41) is 4.56. The summed E-state index contributed by atoms with van der Waals surface area (Å²) in [5.74, 6) is -0.146. The van der Waals surface area contributed by atoms with E-state index >= 15 is 0 Å². The van der Waals surface area contributed by atoms with Crippen molar-refractivity contribution in [2.24, 2.45) is 0 Å². The lowest BCUT2D eigenvalue weighted by atomic mass is 10.1. The molecule has 1 amide bonds. The van der Waals surface area contributed by atoms with E-state index in [9.17, 15) is 9.59 Å². The lowest BCUT2D eigenvalue weighted by Gasteiger charge is -2.11. The molecule has 132 valence electrons. The van der Waals surface area contributed by atoms with Crippen molar-refractivity contribution in [3.63, 3.8) is 0 Å². The topological polar surface area (TPSA) is 59.1 Å². The zero-order chi connectivity index (χ0) is 18.5. The van der Waals surface area contributed by atoms with E-state index in [-0.39, 0.29) is 16.9 Å². The zero-order valence-corrected chi connectivity index (χ0v) is 16.1. The number of benzene rings is 2. The minimum atomic E-state index is -0.300. The number of aromatic nitrogens is 1. The molecule has 3 rings (SSSR count). The molecule has 1 heterocycles. The summed E-state index contributed by atoms with van der Waals surface area (Å²) in [6.07, 6.45) is 0. The van der Waals surface area contributed by atoms with Crippen LogP contribution in [-0.4, -0.2) is 21.9 Å². The van der Waals surface area contributed by atoms with Crippen LogP contribution in [0.2, 0.25) is 0 Å². The summed E-state index contributed by atoms with van der Waals surface area (Å²) < 4.78 is 0.851. The van der Waals surface area contributed by atoms with Gasteiger partial charge in [-0.25, -0.2) is 4.98 Å². The molecule has 0 aliphatic carbocycles. The monoisotopic (exact) mass is 382 g/mol. The highest BCUT2D eigenvalue weighted by Crippen LogP contribution is 2.31. The van der Waals surface area contributed by atoms with E-state index in [4.69, 9.17) is 0 Å². The number of anilines is 1. The SMILES string of the molecule is CC(=O)c1cccc(NC(=O)C(C)Sc2nc(-c3ccccc3)cs2)c1. The van der Waals surface area contributed by atoms with E-state index in [1.807, 2.05) is 42.6 Å². The number of hydrogen-bond donors (Lipinski definition) is 1. The molecule has 2 aromatic carbocycles. The molecule has 6 heteroatoms. The summed E-state index contributed by atoms with van der Waals surface area (Å²) in [6, 6.07) is 16.9. The molecule has 0 fully saturated rings. The molecular weight excluding hydrogens is 364 g/mol. The molecule has 0 radical (unpaired) electrons. The molecule has 0 aliphatic rings. The number of nitrogens with zero attached hydrogens (tertiary/aromatic N) is 1. The summed E-state index contributed by atoms with van der Waals surface area (Å²) in [5.41, 5.74) is 3.18. The van der Waals surface area contributed by atoms with Crippen molar-refractivity contribution in [2.45, 2.75) is 23.4 Å². The quantitative estimate of drug-likeness (QED) is 0.474. The summed E-state index contributed by atoms with van der Waals surface area (Å²) in [6.45, 7) is 3.35. The van der Waals surface area contributed by atoms with Crippen molar-refractivity contribution in [1.82, 2.24) is 4.98 Å². The maximum absolute atomic E-state index is 12.4. The van der Waals surface area contributed by atoms with Crippen molar-refractivity contribution in [3.8, 4) is 11.3 Å². The standard InChI is InChI=1S/C20H18N2O2S2/c1-13(23)16-9-6-10-17(11-16)21-19(24)14(2)26-20-22-18(12-25-20)15-7-4-3-5-8-15/h3-12,14H,1-2H3,(H,21,24). The Morgan fingerprint density at radius 2 is 1.88 bits per heavy atom. The molecule has 0 aliphatic heterocycles. The molecule has 1 N–H and O–H groups in total. The van der Waals surface area contributed by atoms with Gasteiger partial charge in [0.05, 0.1) is 10.9 Å². The Labute approximate surface area is 160 Å². The van der Waals surface area contributed by atoms with Gasteiger partial charge >= 0.3 is 0 Å². The lowest BCUT2D eigenvalue weighted by molar-refractivity contribution is -0.115. The highest BCUT2D eigenvalue weighted by molar-refractivity contribution is 8.02. The average Bonchev–Trinajstić information content (AvgIpc) is 3.11. The molecule has 1 aromatic heterocycles. The van der Waals surface area contributed by atoms with E-state index in [1.54, 1.807) is 24.3 Å². The third kappa shape index (κ3) is 4.59. The van der Waals surface area contributed by atoms with Crippen LogP contribution in [0.3, 0.4) is 0 Å². The molecule has 4 nitrogen and oxygen atoms in total. The van der Waals surface area contributed by atoms with E-state index in [0.717, 1.165) is 15.6 Å². The Morgan fingerprint density at radius 3 is 2.62 bits per heavy atom. The smallest absolute Gasteiger partial charge is 0.237 e. The molecule has 0 bridgehead atoms. The third-order valence-corrected chi connectivity index (χ3v) is 5.81. The third-order valence-electron chi connectivity index (χ3n) is 3.74. The number of thiazole rings is 1. The van der Waals surface area contributed by atoms with Gasteiger partial charge in [0.15, 0.2) is 10.1 Å². The van der Waals surface area contributed by atoms with Gasteiger partial charge in [0.25, 0.3) is 0 Å². The zero-order valence-electron chi connectivity index (χ0n) is 14.4. The van der Waals surface area contributed by atoms with Gasteiger partial charge in [-0.15, -0.1) is 11.3 Å².